The number of anilines is 1. The van der Waals surface area contributed by atoms with Crippen molar-refractivity contribution >= 4 is 42.5 Å². The molecule has 394 valence electrons. The molecule has 3 fully saturated rings. The molecule has 1 N–H and O–H groups in total. The largest absolute Gasteiger partial charge is 0.497 e. The molecule has 1 unspecified atom stereocenters. The van der Waals surface area contributed by atoms with Crippen molar-refractivity contribution in [2.45, 2.75) is 134 Å². The van der Waals surface area contributed by atoms with E-state index in [1.807, 2.05) is 41.3 Å². The van der Waals surface area contributed by atoms with Crippen LogP contribution in [0.5, 0.6) is 11.5 Å². The summed E-state index contributed by atoms with van der Waals surface area (Å²) < 4.78 is 69.7. The molecule has 18 heteroatoms. The monoisotopic (exact) mass is 1020 g/mol. The van der Waals surface area contributed by atoms with Gasteiger partial charge in [0.25, 0.3) is 5.91 Å². The Labute approximate surface area is 423 Å². The van der Waals surface area contributed by atoms with Gasteiger partial charge in [0, 0.05) is 66.4 Å². The first-order valence-corrected chi connectivity index (χ1v) is 29.1. The smallest absolute Gasteiger partial charge is 0.395 e. The number of carbonyl (C=O) groups is 3. The lowest BCUT2D eigenvalue weighted by Gasteiger charge is -2.46. The highest BCUT2D eigenvalue weighted by atomic mass is 28.3. The molecule has 3 amide bonds. The predicted octanol–water partition coefficient (Wildman–Crippen LogP) is 9.14. The second-order valence-electron chi connectivity index (χ2n) is 22.6. The first kappa shape index (κ1) is 54.8. The van der Waals surface area contributed by atoms with Gasteiger partial charge in [0.15, 0.2) is 0 Å². The summed E-state index contributed by atoms with van der Waals surface area (Å²) in [4.78, 5) is 59.0. The van der Waals surface area contributed by atoms with Crippen LogP contribution in [-0.4, -0.2) is 127 Å². The highest BCUT2D eigenvalue weighted by Crippen LogP contribution is 2.45. The minimum absolute atomic E-state index is 0.0921. The number of imide groups is 1. The molecule has 0 saturated carbocycles. The van der Waals surface area contributed by atoms with Gasteiger partial charge in [0.1, 0.15) is 30.4 Å². The molecule has 3 aliphatic heterocycles. The molecule has 72 heavy (non-hydrogen) atoms. The number of imidazole rings is 1. The van der Waals surface area contributed by atoms with E-state index < -0.39 is 37.3 Å². The maximum Gasteiger partial charge on any atom is 0.395 e. The number of alkyl halides is 3. The Morgan fingerprint density at radius 2 is 1.62 bits per heavy atom. The maximum atomic E-state index is 14.4. The van der Waals surface area contributed by atoms with Crippen molar-refractivity contribution < 1.29 is 46.5 Å². The number of carbonyl (C=O) groups excluding carboxylic acids is 3. The van der Waals surface area contributed by atoms with Gasteiger partial charge in [-0.15, -0.1) is 0 Å². The van der Waals surface area contributed by atoms with Crippen LogP contribution in [0.2, 0.25) is 25.7 Å². The van der Waals surface area contributed by atoms with Gasteiger partial charge in [-0.2, -0.15) is 13.2 Å². The maximum absolute atomic E-state index is 14.4. The number of likely N-dealkylation sites (tertiary alicyclic amines) is 2. The van der Waals surface area contributed by atoms with Crippen LogP contribution in [0.25, 0.3) is 11.0 Å². The van der Waals surface area contributed by atoms with Gasteiger partial charge in [0.05, 0.1) is 41.4 Å². The number of benzene rings is 3. The van der Waals surface area contributed by atoms with Crippen LogP contribution in [0.1, 0.15) is 89.8 Å². The molecule has 3 saturated heterocycles. The van der Waals surface area contributed by atoms with Crippen molar-refractivity contribution in [1.29, 1.82) is 0 Å². The third-order valence-electron chi connectivity index (χ3n) is 14.8. The van der Waals surface area contributed by atoms with Gasteiger partial charge < -0.3 is 24.3 Å². The second kappa shape index (κ2) is 22.2. The van der Waals surface area contributed by atoms with Gasteiger partial charge >= 0.3 is 11.9 Å². The molecule has 0 spiro atoms. The zero-order valence-electron chi connectivity index (χ0n) is 43.7. The number of rotatable bonds is 20. The lowest BCUT2D eigenvalue weighted by Crippen LogP contribution is -2.48. The lowest BCUT2D eigenvalue weighted by molar-refractivity contribution is -0.217. The fraction of sp³-hybridized carbons (Fsp3) is 0.593. The van der Waals surface area contributed by atoms with Gasteiger partial charge in [-0.25, -0.2) is 4.79 Å². The van der Waals surface area contributed by atoms with Crippen LogP contribution >= 0.6 is 0 Å². The number of aryl methyl sites for hydroxylation is 1. The molecule has 7 rings (SSSR count). The molecule has 0 bridgehead atoms. The number of amides is 3. The molecular weight excluding hydrogens is 946 g/mol. The molecule has 0 aliphatic carbocycles. The number of aromatic nitrogens is 2. The van der Waals surface area contributed by atoms with Gasteiger partial charge in [0.2, 0.25) is 11.8 Å². The Balaban J connectivity index is 0.941. The third-order valence-corrected chi connectivity index (χ3v) is 16.5. The normalized spacial score (nSPS) is 20.6. The first-order chi connectivity index (χ1) is 33.9. The Bertz CT molecular complexity index is 2580. The number of nitrogens with one attached hydrogen (secondary N) is 1. The van der Waals surface area contributed by atoms with E-state index >= 15 is 0 Å². The summed E-state index contributed by atoms with van der Waals surface area (Å²) in [5.41, 5.74) is 0.398. The molecule has 3 aliphatic rings. The van der Waals surface area contributed by atoms with Crippen molar-refractivity contribution in [3.63, 3.8) is 0 Å². The van der Waals surface area contributed by atoms with Crippen LogP contribution in [-0.2, 0) is 42.9 Å². The minimum Gasteiger partial charge on any atom is -0.497 e. The quantitative estimate of drug-likeness (QED) is 0.0519. The second-order valence-corrected chi connectivity index (χ2v) is 28.2. The van der Waals surface area contributed by atoms with Crippen molar-refractivity contribution in [2.75, 3.05) is 65.1 Å². The van der Waals surface area contributed by atoms with Crippen LogP contribution in [0.15, 0.2) is 71.5 Å². The lowest BCUT2D eigenvalue weighted by atomic mass is 9.67. The van der Waals surface area contributed by atoms with Crippen LogP contribution in [0.3, 0.4) is 0 Å². The number of halogens is 3. The molecule has 4 heterocycles. The number of hydrogen-bond acceptors (Lipinski definition) is 10. The zero-order valence-corrected chi connectivity index (χ0v) is 44.7. The SMILES string of the molecule is COc1ccc([C@]2(CCN(Cc3ccc(OC4CCN(CC(=O)Nc5cccc6c5n(C)c(=O)n6C5CCC(=O)N(COCC[Si](C)(C)C)C5=O)CC4)cc3)CC(C)(C)C(F)(F)F)CCOC(C)(C)C2)cc1. The summed E-state index contributed by atoms with van der Waals surface area (Å²) in [5, 5.41) is 3.00. The Morgan fingerprint density at radius 1 is 0.944 bits per heavy atom. The summed E-state index contributed by atoms with van der Waals surface area (Å²) >= 11 is 0. The van der Waals surface area contributed by atoms with E-state index in [0.29, 0.717) is 81.1 Å². The van der Waals surface area contributed by atoms with E-state index in [4.69, 9.17) is 18.9 Å². The highest BCUT2D eigenvalue weighted by Gasteiger charge is 2.49. The van der Waals surface area contributed by atoms with Gasteiger partial charge in [-0.05, 0) is 126 Å². The van der Waals surface area contributed by atoms with Crippen LogP contribution < -0.4 is 20.5 Å². The summed E-state index contributed by atoms with van der Waals surface area (Å²) in [6.07, 6.45) is -0.671. The van der Waals surface area contributed by atoms with E-state index in [1.54, 1.807) is 32.4 Å². The predicted molar refractivity (Wildman–Crippen MR) is 275 cm³/mol. The van der Waals surface area contributed by atoms with E-state index in [1.165, 1.54) is 23.0 Å². The summed E-state index contributed by atoms with van der Waals surface area (Å²) in [6.45, 7) is 16.2. The molecule has 3 aromatic carbocycles. The number of piperidine rings is 2. The van der Waals surface area contributed by atoms with Crippen LogP contribution in [0, 0.1) is 5.41 Å². The van der Waals surface area contributed by atoms with Gasteiger partial charge in [-0.3, -0.25) is 38.2 Å². The molecular formula is C54H75F3N6O8Si. The molecule has 1 aromatic heterocycles. The first-order valence-electron chi connectivity index (χ1n) is 25.3. The summed E-state index contributed by atoms with van der Waals surface area (Å²) in [7, 11) is 1.85. The van der Waals surface area contributed by atoms with Crippen molar-refractivity contribution in [1.82, 2.24) is 23.8 Å². The summed E-state index contributed by atoms with van der Waals surface area (Å²) in [6, 6.07) is 20.9. The number of hydrogen-bond donors (Lipinski definition) is 1. The molecule has 0 radical (unpaired) electrons. The fourth-order valence-electron chi connectivity index (χ4n) is 10.5. The topological polar surface area (TPSA) is 137 Å². The molecule has 14 nitrogen and oxygen atoms in total. The Hall–Kier alpha value is -5.01. The number of methoxy groups -OCH3 is 1. The minimum atomic E-state index is -4.38. The fourth-order valence-corrected chi connectivity index (χ4v) is 11.3. The molecule has 4 aromatic rings. The van der Waals surface area contributed by atoms with Gasteiger partial charge in [-0.1, -0.05) is 50.0 Å². The van der Waals surface area contributed by atoms with Crippen LogP contribution in [0.4, 0.5) is 18.9 Å². The summed E-state index contributed by atoms with van der Waals surface area (Å²) in [5.74, 6) is 0.362. The van der Waals surface area contributed by atoms with Crippen molar-refractivity contribution in [3.8, 4) is 11.5 Å². The standard InChI is InChI=1S/C54H75F3N6O8Si/c1-51(2,54(55,56)57)36-61(29-25-53(26-30-70-52(3,4)35-53)39-15-19-40(68-6)20-16-39)33-38-13-17-41(18-14-38)71-42-23-27-60(28-24-42)34-46(64)58-43-11-10-12-44-48(43)59(5)50(67)63(44)45-21-22-47(65)62(49(45)66)37-69-31-32-72(7,8)9/h10-20,42,45H,21-37H2,1-9H3,(H,58,64)/t45?,53-/m1/s1. The van der Waals surface area contributed by atoms with Crippen molar-refractivity contribution in [2.24, 2.45) is 12.5 Å². The van der Waals surface area contributed by atoms with E-state index in [9.17, 15) is 32.3 Å². The number of para-hydroxylation sites is 1. The average Bonchev–Trinajstić information content (AvgIpc) is 3.56. The average molecular weight is 1020 g/mol. The zero-order chi connectivity index (χ0) is 52.2. The number of ether oxygens (including phenoxy) is 4. The van der Waals surface area contributed by atoms with E-state index in [-0.39, 0.29) is 61.6 Å². The third kappa shape index (κ3) is 13.2. The number of fused-ring (bicyclic) bond motifs is 1. The Kier molecular flexibility index (Phi) is 16.9. The van der Waals surface area contributed by atoms with Crippen molar-refractivity contribution in [3.05, 3.63) is 88.3 Å². The number of nitrogens with zero attached hydrogens (tertiary/aromatic N) is 5. The van der Waals surface area contributed by atoms with E-state index in [2.05, 4.69) is 55.8 Å². The van der Waals surface area contributed by atoms with E-state index in [0.717, 1.165) is 40.7 Å². The Morgan fingerprint density at radius 3 is 2.26 bits per heavy atom. The molecule has 2 atom stereocenters. The highest BCUT2D eigenvalue weighted by molar-refractivity contribution is 6.76.